The predicted molar refractivity (Wildman–Crippen MR) is 127 cm³/mol. The van der Waals surface area contributed by atoms with Gasteiger partial charge in [-0.2, -0.15) is 0 Å². The SMILES string of the molecule is C/C=C/Cc1c(C)nc(NCCCOc2cccc(CN3CCC[C@H](C)C3)c2)[nH]c1=O. The van der Waals surface area contributed by atoms with E-state index < -0.39 is 0 Å². The largest absolute Gasteiger partial charge is 0.494 e. The van der Waals surface area contributed by atoms with E-state index in [0.29, 0.717) is 31.1 Å². The molecule has 6 nitrogen and oxygen atoms in total. The van der Waals surface area contributed by atoms with E-state index in [-0.39, 0.29) is 5.56 Å². The second-order valence-corrected chi connectivity index (χ2v) is 8.51. The number of aromatic amines is 1. The highest BCUT2D eigenvalue weighted by molar-refractivity contribution is 5.30. The average molecular weight is 425 g/mol. The Morgan fingerprint density at radius 1 is 1.39 bits per heavy atom. The van der Waals surface area contributed by atoms with Crippen LogP contribution in [0.1, 0.15) is 49.9 Å². The fourth-order valence-electron chi connectivity index (χ4n) is 4.06. The molecule has 0 spiro atoms. The Hall–Kier alpha value is -2.60. The number of H-pyrrole nitrogens is 1. The lowest BCUT2D eigenvalue weighted by Gasteiger charge is -2.30. The predicted octanol–water partition coefficient (Wildman–Crippen LogP) is 4.31. The summed E-state index contributed by atoms with van der Waals surface area (Å²) in [6, 6.07) is 8.42. The minimum absolute atomic E-state index is 0.0794. The fraction of sp³-hybridized carbons (Fsp3) is 0.520. The number of benzene rings is 1. The van der Waals surface area contributed by atoms with Crippen molar-refractivity contribution < 1.29 is 4.74 Å². The van der Waals surface area contributed by atoms with Crippen LogP contribution in [0.15, 0.2) is 41.2 Å². The van der Waals surface area contributed by atoms with Gasteiger partial charge in [0.15, 0.2) is 0 Å². The average Bonchev–Trinajstić information content (AvgIpc) is 2.73. The summed E-state index contributed by atoms with van der Waals surface area (Å²) >= 11 is 0. The lowest BCUT2D eigenvalue weighted by Crippen LogP contribution is -2.33. The number of anilines is 1. The number of nitrogens with one attached hydrogen (secondary N) is 2. The number of hydrogen-bond donors (Lipinski definition) is 2. The lowest BCUT2D eigenvalue weighted by molar-refractivity contribution is 0.176. The van der Waals surface area contributed by atoms with Gasteiger partial charge < -0.3 is 10.1 Å². The van der Waals surface area contributed by atoms with Crippen LogP contribution in [0.25, 0.3) is 0 Å². The molecule has 0 saturated carbocycles. The molecule has 1 atom stereocenters. The second kappa shape index (κ2) is 11.7. The Balaban J connectivity index is 1.42. The summed E-state index contributed by atoms with van der Waals surface area (Å²) in [5.74, 6) is 2.22. The Morgan fingerprint density at radius 2 is 2.26 bits per heavy atom. The van der Waals surface area contributed by atoms with Gasteiger partial charge in [-0.15, -0.1) is 0 Å². The molecule has 31 heavy (non-hydrogen) atoms. The van der Waals surface area contributed by atoms with Crippen molar-refractivity contribution >= 4 is 5.95 Å². The van der Waals surface area contributed by atoms with Gasteiger partial charge in [-0.05, 0) is 69.7 Å². The van der Waals surface area contributed by atoms with Crippen molar-refractivity contribution in [3.63, 3.8) is 0 Å². The van der Waals surface area contributed by atoms with Gasteiger partial charge in [0.05, 0.1) is 12.3 Å². The first kappa shape index (κ1) is 23.1. The van der Waals surface area contributed by atoms with Gasteiger partial charge in [-0.3, -0.25) is 14.7 Å². The molecule has 0 amide bonds. The Morgan fingerprint density at radius 3 is 3.03 bits per heavy atom. The number of nitrogens with zero attached hydrogens (tertiary/aromatic N) is 2. The van der Waals surface area contributed by atoms with Crippen LogP contribution < -0.4 is 15.6 Å². The highest BCUT2D eigenvalue weighted by atomic mass is 16.5. The van der Waals surface area contributed by atoms with Gasteiger partial charge in [0.25, 0.3) is 5.56 Å². The third kappa shape index (κ3) is 7.24. The molecule has 2 heterocycles. The summed E-state index contributed by atoms with van der Waals surface area (Å²) in [4.78, 5) is 22.1. The van der Waals surface area contributed by atoms with Crippen molar-refractivity contribution in [2.24, 2.45) is 5.92 Å². The molecule has 1 saturated heterocycles. The highest BCUT2D eigenvalue weighted by Crippen LogP contribution is 2.20. The van der Waals surface area contributed by atoms with Crippen molar-refractivity contribution in [1.82, 2.24) is 14.9 Å². The zero-order valence-electron chi connectivity index (χ0n) is 19.1. The third-order valence-electron chi connectivity index (χ3n) is 5.71. The van der Waals surface area contributed by atoms with E-state index >= 15 is 0 Å². The van der Waals surface area contributed by atoms with Gasteiger partial charge in [0.1, 0.15) is 5.75 Å². The van der Waals surface area contributed by atoms with Gasteiger partial charge >= 0.3 is 0 Å². The van der Waals surface area contributed by atoms with Gasteiger partial charge in [-0.1, -0.05) is 31.2 Å². The number of ether oxygens (including phenoxy) is 1. The molecule has 2 N–H and O–H groups in total. The molecule has 0 bridgehead atoms. The van der Waals surface area contributed by atoms with E-state index in [1.807, 2.05) is 32.1 Å². The Labute approximate surface area is 185 Å². The topological polar surface area (TPSA) is 70.2 Å². The number of hydrogen-bond acceptors (Lipinski definition) is 5. The van der Waals surface area contributed by atoms with Crippen molar-refractivity contribution in [2.45, 2.75) is 53.0 Å². The summed E-state index contributed by atoms with van der Waals surface area (Å²) in [5, 5.41) is 3.19. The summed E-state index contributed by atoms with van der Waals surface area (Å²) in [6.45, 7) is 10.8. The lowest BCUT2D eigenvalue weighted by atomic mass is 10.00. The second-order valence-electron chi connectivity index (χ2n) is 8.51. The summed E-state index contributed by atoms with van der Waals surface area (Å²) < 4.78 is 5.95. The van der Waals surface area contributed by atoms with Crippen LogP contribution in [0, 0.1) is 12.8 Å². The Kier molecular flexibility index (Phi) is 8.71. The molecule has 6 heteroatoms. The number of rotatable bonds is 10. The van der Waals surface area contributed by atoms with E-state index in [0.717, 1.165) is 30.3 Å². The molecule has 1 aliphatic heterocycles. The third-order valence-corrected chi connectivity index (χ3v) is 5.71. The number of aromatic nitrogens is 2. The van der Waals surface area contributed by atoms with Crippen LogP contribution in [0.3, 0.4) is 0 Å². The molecule has 1 aromatic heterocycles. The molecule has 0 aliphatic carbocycles. The number of likely N-dealkylation sites (tertiary alicyclic amines) is 1. The molecule has 0 radical (unpaired) electrons. The minimum atomic E-state index is -0.0794. The van der Waals surface area contributed by atoms with Crippen molar-refractivity contribution in [2.75, 3.05) is 31.6 Å². The van der Waals surface area contributed by atoms with Crippen LogP contribution in [0.2, 0.25) is 0 Å². The van der Waals surface area contributed by atoms with Crippen LogP contribution in [0.4, 0.5) is 5.95 Å². The van der Waals surface area contributed by atoms with Crippen molar-refractivity contribution in [3.8, 4) is 5.75 Å². The zero-order valence-corrected chi connectivity index (χ0v) is 19.1. The number of piperidine rings is 1. The van der Waals surface area contributed by atoms with E-state index in [1.165, 1.54) is 31.5 Å². The van der Waals surface area contributed by atoms with Gasteiger partial charge in [-0.25, -0.2) is 4.98 Å². The molecule has 3 rings (SSSR count). The minimum Gasteiger partial charge on any atom is -0.494 e. The van der Waals surface area contributed by atoms with Crippen LogP contribution in [-0.2, 0) is 13.0 Å². The molecule has 1 fully saturated rings. The first-order valence-corrected chi connectivity index (χ1v) is 11.4. The molecule has 168 valence electrons. The highest BCUT2D eigenvalue weighted by Gasteiger charge is 2.16. The maximum Gasteiger partial charge on any atom is 0.256 e. The number of aryl methyl sites for hydroxylation is 1. The molecule has 1 aromatic carbocycles. The van der Waals surface area contributed by atoms with Crippen LogP contribution in [0.5, 0.6) is 5.75 Å². The smallest absolute Gasteiger partial charge is 0.256 e. The fourth-order valence-corrected chi connectivity index (χ4v) is 4.06. The monoisotopic (exact) mass is 424 g/mol. The summed E-state index contributed by atoms with van der Waals surface area (Å²) in [5.41, 5.74) is 2.70. The van der Waals surface area contributed by atoms with Crippen LogP contribution in [-0.4, -0.2) is 41.1 Å². The first-order valence-electron chi connectivity index (χ1n) is 11.4. The van der Waals surface area contributed by atoms with E-state index in [9.17, 15) is 4.79 Å². The maximum absolute atomic E-state index is 12.2. The van der Waals surface area contributed by atoms with Gasteiger partial charge in [0.2, 0.25) is 5.95 Å². The quantitative estimate of drug-likeness (QED) is 0.439. The van der Waals surface area contributed by atoms with Crippen molar-refractivity contribution in [3.05, 3.63) is 63.6 Å². The maximum atomic E-state index is 12.2. The molecule has 0 unspecified atom stereocenters. The standard InChI is InChI=1S/C25H36N4O2/c1-4-5-12-23-20(3)27-25(28-24(23)30)26-13-8-15-31-22-11-6-10-21(16-22)18-29-14-7-9-19(2)17-29/h4-6,10-11,16,19H,7-9,12-15,17-18H2,1-3H3,(H2,26,27,28,30)/b5-4+/t19-/m0/s1. The van der Waals surface area contributed by atoms with Crippen molar-refractivity contribution in [1.29, 1.82) is 0 Å². The number of allylic oxidation sites excluding steroid dienone is 2. The molecular formula is C25H36N4O2. The van der Waals surface area contributed by atoms with Crippen LogP contribution >= 0.6 is 0 Å². The normalized spacial score (nSPS) is 17.2. The molecule has 1 aliphatic rings. The first-order chi connectivity index (χ1) is 15.0. The van der Waals surface area contributed by atoms with E-state index in [1.54, 1.807) is 0 Å². The van der Waals surface area contributed by atoms with E-state index in [2.05, 4.69) is 45.3 Å². The zero-order chi connectivity index (χ0) is 22.1. The Bertz CT molecular complexity index is 922. The van der Waals surface area contributed by atoms with E-state index in [4.69, 9.17) is 4.74 Å². The molecule has 2 aromatic rings. The van der Waals surface area contributed by atoms with Gasteiger partial charge in [0, 0.05) is 25.2 Å². The molecular weight excluding hydrogens is 388 g/mol. The summed E-state index contributed by atoms with van der Waals surface area (Å²) in [6.07, 6.45) is 7.96. The summed E-state index contributed by atoms with van der Waals surface area (Å²) in [7, 11) is 0.